The normalized spacial score (nSPS) is 16.8. The van der Waals surface area contributed by atoms with E-state index in [2.05, 4.69) is 16.0 Å². The number of amides is 7. The standard InChI is InChI=1S/C70H84N8O16/c1-45(2)66(75-63(79)13-9-7-10-24-76-64(80)22-23-65(76)81)68(83)73-46(3)67(82)74-51-18-14-47(15-19-51)49-35-52-41-71-57-39-61(59(87-5)37-55(57)69(84)77(52)43-49)93-25-11-8-12-26-94-62-40-58-56(38-60(62)88-6)70(85)78-44-50(36-53(78)42-72-58)48-16-20-54(21-17-48)92-34-33-91-32-31-90-30-29-89-28-27-86-4/h14-23,37-46,52-53,66H,7-13,24-36H2,1-6H3,(H,73,83)(H,74,82)(H,75,79)/t46-,52+,53?,66?/m0/s1. The molecule has 0 spiro atoms. The third-order valence-corrected chi connectivity index (χ3v) is 16.4. The summed E-state index contributed by atoms with van der Waals surface area (Å²) in [7, 11) is 4.70. The van der Waals surface area contributed by atoms with Crippen molar-refractivity contribution in [3.63, 3.8) is 0 Å². The van der Waals surface area contributed by atoms with Gasteiger partial charge in [-0.05, 0) is 104 Å². The van der Waals surface area contributed by atoms with Crippen LogP contribution in [-0.2, 0) is 42.9 Å². The average molecular weight is 1290 g/mol. The van der Waals surface area contributed by atoms with Crippen molar-refractivity contribution in [3.05, 3.63) is 120 Å². The summed E-state index contributed by atoms with van der Waals surface area (Å²) in [5.74, 6) is -0.122. The van der Waals surface area contributed by atoms with Crippen LogP contribution in [0.2, 0.25) is 0 Å². The number of hydrogen-bond donors (Lipinski definition) is 3. The third-order valence-electron chi connectivity index (χ3n) is 16.4. The lowest BCUT2D eigenvalue weighted by Gasteiger charge is -2.24. The first-order valence-electron chi connectivity index (χ1n) is 32.0. The van der Waals surface area contributed by atoms with Gasteiger partial charge in [0.2, 0.25) is 17.7 Å². The van der Waals surface area contributed by atoms with Crippen LogP contribution < -0.4 is 39.6 Å². The number of carbonyl (C=O) groups excluding carboxylic acids is 7. The van der Waals surface area contributed by atoms with Crippen molar-refractivity contribution in [2.75, 3.05) is 99.3 Å². The summed E-state index contributed by atoms with van der Waals surface area (Å²) in [4.78, 5) is 105. The maximum absolute atomic E-state index is 14.1. The number of nitrogens with zero attached hydrogens (tertiary/aromatic N) is 5. The molecule has 4 aromatic carbocycles. The lowest BCUT2D eigenvalue weighted by molar-refractivity contribution is -0.137. The molecule has 0 bridgehead atoms. The second-order valence-electron chi connectivity index (χ2n) is 23.4. The van der Waals surface area contributed by atoms with Crippen LogP contribution in [0.25, 0.3) is 11.1 Å². The van der Waals surface area contributed by atoms with E-state index in [1.54, 1.807) is 87.4 Å². The molecule has 0 saturated carbocycles. The largest absolute Gasteiger partial charge is 0.493 e. The smallest absolute Gasteiger partial charge is 0.260 e. The summed E-state index contributed by atoms with van der Waals surface area (Å²) in [6.45, 7) is 10.1. The van der Waals surface area contributed by atoms with Gasteiger partial charge < -0.3 is 68.4 Å². The summed E-state index contributed by atoms with van der Waals surface area (Å²) in [5, 5.41) is 8.35. The first kappa shape index (κ1) is 69.1. The summed E-state index contributed by atoms with van der Waals surface area (Å²) in [5.41, 5.74) is 5.99. The quantitative estimate of drug-likeness (QED) is 0.0282. The van der Waals surface area contributed by atoms with Gasteiger partial charge in [-0.15, -0.1) is 0 Å². The molecule has 0 fully saturated rings. The highest BCUT2D eigenvalue weighted by Gasteiger charge is 2.36. The highest BCUT2D eigenvalue weighted by atomic mass is 16.6. The van der Waals surface area contributed by atoms with E-state index >= 15 is 0 Å². The zero-order chi connectivity index (χ0) is 66.5. The highest BCUT2D eigenvalue weighted by molar-refractivity contribution is 6.13. The summed E-state index contributed by atoms with van der Waals surface area (Å²) in [6, 6.07) is 19.4. The Morgan fingerprint density at radius 3 is 1.55 bits per heavy atom. The van der Waals surface area contributed by atoms with Gasteiger partial charge in [-0.1, -0.05) is 44.5 Å². The van der Waals surface area contributed by atoms with E-state index in [9.17, 15) is 33.6 Å². The molecule has 5 aliphatic rings. The SMILES string of the molecule is COCCOCCOCCOCCOc1ccc(C2=CN3C(=O)c4cc(OC)c(OCCCCCOc5cc6c(cc5OC)C(=O)N5C=C(c7ccc(NC(=O)[C@H](C)NC(=O)C(NC(=O)CCCCCN8C(=O)C=CC8=O)C(C)C)cc7)C[C@@H]5C=N6)cc4N=CC3C2)cc1. The number of nitrogens with one attached hydrogen (secondary N) is 3. The van der Waals surface area contributed by atoms with Gasteiger partial charge in [-0.2, -0.15) is 0 Å². The minimum atomic E-state index is -0.927. The van der Waals surface area contributed by atoms with Crippen LogP contribution in [0.5, 0.6) is 28.7 Å². The van der Waals surface area contributed by atoms with Crippen LogP contribution in [0.4, 0.5) is 17.1 Å². The number of methoxy groups -OCH3 is 3. The van der Waals surface area contributed by atoms with Crippen molar-refractivity contribution in [3.8, 4) is 28.7 Å². The monoisotopic (exact) mass is 1290 g/mol. The Hall–Kier alpha value is -9.23. The predicted octanol–water partition coefficient (Wildman–Crippen LogP) is 8.42. The molecule has 0 aromatic heterocycles. The topological polar surface area (TPSA) is 273 Å². The van der Waals surface area contributed by atoms with Crippen molar-refractivity contribution < 1.29 is 76.2 Å². The maximum atomic E-state index is 14.1. The number of ether oxygens (including phenoxy) is 9. The van der Waals surface area contributed by atoms with Gasteiger partial charge >= 0.3 is 0 Å². The number of imide groups is 1. The van der Waals surface area contributed by atoms with Crippen LogP contribution in [-0.4, -0.2) is 187 Å². The molecule has 5 aliphatic heterocycles. The molecule has 0 radical (unpaired) electrons. The Morgan fingerprint density at radius 2 is 1.04 bits per heavy atom. The van der Waals surface area contributed by atoms with Gasteiger partial charge in [0.15, 0.2) is 23.0 Å². The second-order valence-corrected chi connectivity index (χ2v) is 23.4. The maximum Gasteiger partial charge on any atom is 0.260 e. The lowest BCUT2D eigenvalue weighted by Crippen LogP contribution is -2.53. The van der Waals surface area contributed by atoms with Crippen LogP contribution in [0, 0.1) is 5.92 Å². The van der Waals surface area contributed by atoms with Gasteiger partial charge in [0.05, 0.1) is 108 Å². The third kappa shape index (κ3) is 18.3. The lowest BCUT2D eigenvalue weighted by atomic mass is 10.0. The van der Waals surface area contributed by atoms with Gasteiger partial charge in [0.1, 0.15) is 24.4 Å². The minimum Gasteiger partial charge on any atom is -0.493 e. The fourth-order valence-electron chi connectivity index (χ4n) is 11.1. The molecule has 5 heterocycles. The molecule has 24 nitrogen and oxygen atoms in total. The molecule has 500 valence electrons. The van der Waals surface area contributed by atoms with Gasteiger partial charge in [0.25, 0.3) is 23.6 Å². The number of rotatable bonds is 37. The van der Waals surface area contributed by atoms with Crippen molar-refractivity contribution in [2.24, 2.45) is 15.9 Å². The summed E-state index contributed by atoms with van der Waals surface area (Å²) in [6.07, 6.45) is 14.9. The molecule has 24 heteroatoms. The second kappa shape index (κ2) is 34.1. The van der Waals surface area contributed by atoms with E-state index < -0.39 is 23.9 Å². The van der Waals surface area contributed by atoms with Crippen LogP contribution >= 0.6 is 0 Å². The fourth-order valence-corrected chi connectivity index (χ4v) is 11.1. The molecule has 4 aromatic rings. The Bertz CT molecular complexity index is 3490. The zero-order valence-electron chi connectivity index (χ0n) is 54.2. The number of unbranched alkanes of at least 4 members (excludes halogenated alkanes) is 4. The minimum absolute atomic E-state index is 0.162. The molecule has 7 amide bonds. The summed E-state index contributed by atoms with van der Waals surface area (Å²) < 4.78 is 51.2. The molecule has 9 rings (SSSR count). The fraction of sp³-hybridized carbons (Fsp3) is 0.443. The number of fused-ring (bicyclic) bond motifs is 4. The number of hydrogen-bond acceptors (Lipinski definition) is 18. The molecular formula is C70H84N8O16. The Balaban J connectivity index is 0.682. The van der Waals surface area contributed by atoms with Crippen molar-refractivity contribution in [1.82, 2.24) is 25.3 Å². The molecular weight excluding hydrogens is 1210 g/mol. The zero-order valence-corrected chi connectivity index (χ0v) is 54.2. The van der Waals surface area contributed by atoms with E-state index in [-0.39, 0.29) is 60.5 Å². The predicted molar refractivity (Wildman–Crippen MR) is 352 cm³/mol. The number of benzene rings is 4. The molecule has 3 N–H and O–H groups in total. The number of carbonyl (C=O) groups is 7. The highest BCUT2D eigenvalue weighted by Crippen LogP contribution is 2.42. The molecule has 94 heavy (non-hydrogen) atoms. The first-order valence-corrected chi connectivity index (χ1v) is 32.0. The molecule has 4 atom stereocenters. The van der Waals surface area contributed by atoms with Crippen LogP contribution in [0.3, 0.4) is 0 Å². The Morgan fingerprint density at radius 1 is 0.543 bits per heavy atom. The number of anilines is 1. The average Bonchev–Trinajstić information content (AvgIpc) is 1.62. The molecule has 0 saturated heterocycles. The van der Waals surface area contributed by atoms with E-state index in [1.807, 2.05) is 55.0 Å². The first-order chi connectivity index (χ1) is 45.6. The van der Waals surface area contributed by atoms with Crippen molar-refractivity contribution >= 4 is 82.0 Å². The van der Waals surface area contributed by atoms with Crippen molar-refractivity contribution in [1.29, 1.82) is 0 Å². The van der Waals surface area contributed by atoms with E-state index in [4.69, 9.17) is 52.6 Å². The van der Waals surface area contributed by atoms with E-state index in [0.29, 0.717) is 162 Å². The van der Waals surface area contributed by atoms with Gasteiger partial charge in [-0.3, -0.25) is 48.4 Å². The Labute approximate surface area is 547 Å². The number of aliphatic imine (C=N–C) groups is 2. The Kier molecular flexibility index (Phi) is 25.1. The summed E-state index contributed by atoms with van der Waals surface area (Å²) >= 11 is 0. The van der Waals surface area contributed by atoms with Gasteiger partial charge in [0, 0.05) is 87.7 Å². The van der Waals surface area contributed by atoms with E-state index in [0.717, 1.165) is 39.3 Å². The van der Waals surface area contributed by atoms with Gasteiger partial charge in [-0.25, -0.2) is 0 Å². The molecule has 2 unspecified atom stereocenters. The van der Waals surface area contributed by atoms with E-state index in [1.165, 1.54) is 19.3 Å². The molecule has 0 aliphatic carbocycles. The van der Waals surface area contributed by atoms with Crippen LogP contribution in [0.1, 0.15) is 110 Å². The van der Waals surface area contributed by atoms with Crippen molar-refractivity contribution in [2.45, 2.75) is 103 Å². The van der Waals surface area contributed by atoms with Crippen LogP contribution in [0.15, 0.2) is 107 Å².